The van der Waals surface area contributed by atoms with Crippen LogP contribution in [0.1, 0.15) is 64.0 Å². The Hall–Kier alpha value is -1.51. The van der Waals surface area contributed by atoms with Gasteiger partial charge in [0.05, 0.1) is 12.6 Å². The van der Waals surface area contributed by atoms with Crippen LogP contribution in [0, 0.1) is 0 Å². The molecule has 0 bridgehead atoms. The third-order valence-corrected chi connectivity index (χ3v) is 4.08. The number of nitrogens with zero attached hydrogens (tertiary/aromatic N) is 1. The summed E-state index contributed by atoms with van der Waals surface area (Å²) in [6.45, 7) is 7.10. The highest BCUT2D eigenvalue weighted by atomic mass is 16.5. The zero-order valence-electron chi connectivity index (χ0n) is 14.4. The molecule has 22 heavy (non-hydrogen) atoms. The molecule has 0 fully saturated rings. The van der Waals surface area contributed by atoms with Gasteiger partial charge in [0.2, 0.25) is 5.90 Å². The van der Waals surface area contributed by atoms with Crippen LogP contribution in [0.5, 0.6) is 5.75 Å². The Kier molecular flexibility index (Phi) is 5.87. The first-order valence-electron chi connectivity index (χ1n) is 8.46. The fourth-order valence-electron chi connectivity index (χ4n) is 2.84. The van der Waals surface area contributed by atoms with Crippen LogP contribution >= 0.6 is 0 Å². The van der Waals surface area contributed by atoms with Crippen LogP contribution in [0.3, 0.4) is 0 Å². The molecule has 0 amide bonds. The molecule has 1 aromatic carbocycles. The monoisotopic (exact) mass is 303 g/mol. The van der Waals surface area contributed by atoms with Crippen LogP contribution in [-0.4, -0.2) is 25.2 Å². The van der Waals surface area contributed by atoms with E-state index in [1.807, 2.05) is 12.1 Å². The van der Waals surface area contributed by atoms with Gasteiger partial charge in [-0.1, -0.05) is 38.7 Å². The highest BCUT2D eigenvalue weighted by Gasteiger charge is 2.28. The van der Waals surface area contributed by atoms with Crippen LogP contribution < -0.4 is 4.74 Å². The second-order valence-electron chi connectivity index (χ2n) is 6.67. The van der Waals surface area contributed by atoms with E-state index in [0.29, 0.717) is 6.61 Å². The molecule has 2 rings (SSSR count). The minimum absolute atomic E-state index is 0.128. The fraction of sp³-hybridized carbons (Fsp3) is 0.632. The molecule has 3 nitrogen and oxygen atoms in total. The van der Waals surface area contributed by atoms with Gasteiger partial charge < -0.3 is 9.47 Å². The van der Waals surface area contributed by atoms with Gasteiger partial charge in [0, 0.05) is 11.1 Å². The van der Waals surface area contributed by atoms with E-state index in [1.54, 1.807) is 7.11 Å². The number of ether oxygens (including phenoxy) is 2. The number of methoxy groups -OCH3 is 1. The van der Waals surface area contributed by atoms with Gasteiger partial charge in [0.1, 0.15) is 12.4 Å². The van der Waals surface area contributed by atoms with Gasteiger partial charge in [-0.3, -0.25) is 0 Å². The summed E-state index contributed by atoms with van der Waals surface area (Å²) in [7, 11) is 1.74. The van der Waals surface area contributed by atoms with Crippen molar-refractivity contribution in [3.63, 3.8) is 0 Å². The minimum Gasteiger partial charge on any atom is -0.496 e. The first kappa shape index (κ1) is 16.9. The van der Waals surface area contributed by atoms with Crippen LogP contribution in [0.15, 0.2) is 23.2 Å². The van der Waals surface area contributed by atoms with Gasteiger partial charge in [0.15, 0.2) is 0 Å². The highest BCUT2D eigenvalue weighted by Crippen LogP contribution is 2.29. The summed E-state index contributed by atoms with van der Waals surface area (Å²) >= 11 is 0. The van der Waals surface area contributed by atoms with Gasteiger partial charge in [-0.25, -0.2) is 4.99 Å². The largest absolute Gasteiger partial charge is 0.496 e. The molecular weight excluding hydrogens is 274 g/mol. The minimum atomic E-state index is -0.128. The van der Waals surface area contributed by atoms with Crippen LogP contribution in [0.4, 0.5) is 0 Å². The predicted octanol–water partition coefficient (Wildman–Crippen LogP) is 4.76. The molecule has 1 aliphatic heterocycles. The lowest BCUT2D eigenvalue weighted by atomic mass is 9.99. The van der Waals surface area contributed by atoms with E-state index in [2.05, 4.69) is 26.8 Å². The van der Waals surface area contributed by atoms with Crippen molar-refractivity contribution in [3.05, 3.63) is 29.3 Å². The van der Waals surface area contributed by atoms with Crippen LogP contribution in [0.25, 0.3) is 0 Å². The number of aliphatic imine (C=N–C) groups is 1. The van der Waals surface area contributed by atoms with Crippen molar-refractivity contribution in [2.75, 3.05) is 13.7 Å². The third-order valence-electron chi connectivity index (χ3n) is 4.08. The van der Waals surface area contributed by atoms with Gasteiger partial charge >= 0.3 is 0 Å². The van der Waals surface area contributed by atoms with Crippen molar-refractivity contribution < 1.29 is 9.47 Å². The lowest BCUT2D eigenvalue weighted by Gasteiger charge is -2.13. The Morgan fingerprint density at radius 2 is 1.95 bits per heavy atom. The van der Waals surface area contributed by atoms with Crippen molar-refractivity contribution in [2.45, 2.75) is 64.8 Å². The summed E-state index contributed by atoms with van der Waals surface area (Å²) in [5.74, 6) is 1.72. The maximum absolute atomic E-state index is 5.83. The van der Waals surface area contributed by atoms with Gasteiger partial charge in [-0.2, -0.15) is 0 Å². The molecule has 1 aliphatic rings. The summed E-state index contributed by atoms with van der Waals surface area (Å²) in [6, 6.07) is 6.15. The third kappa shape index (κ3) is 4.25. The molecule has 1 heterocycles. The molecule has 0 unspecified atom stereocenters. The summed E-state index contributed by atoms with van der Waals surface area (Å²) in [5, 5.41) is 0. The highest BCUT2D eigenvalue weighted by molar-refractivity contribution is 5.97. The average Bonchev–Trinajstić information content (AvgIpc) is 2.87. The summed E-state index contributed by atoms with van der Waals surface area (Å²) in [5.41, 5.74) is 2.20. The molecule has 0 N–H and O–H groups in total. The Labute approximate surface area is 134 Å². The number of benzene rings is 1. The first-order valence-corrected chi connectivity index (χ1v) is 8.46. The normalized spacial score (nSPS) is 16.3. The topological polar surface area (TPSA) is 30.8 Å². The molecule has 0 spiro atoms. The quantitative estimate of drug-likeness (QED) is 0.648. The van der Waals surface area contributed by atoms with E-state index in [1.165, 1.54) is 37.7 Å². The molecule has 0 aliphatic carbocycles. The summed E-state index contributed by atoms with van der Waals surface area (Å²) in [6.07, 6.45) is 7.38. The van der Waals surface area contributed by atoms with E-state index in [4.69, 9.17) is 14.5 Å². The zero-order valence-corrected chi connectivity index (χ0v) is 14.4. The lowest BCUT2D eigenvalue weighted by Crippen LogP contribution is -2.17. The molecule has 0 atom stereocenters. The number of unbranched alkanes of at least 4 members (excludes halogenated alkanes) is 4. The second kappa shape index (κ2) is 7.66. The van der Waals surface area contributed by atoms with E-state index in [-0.39, 0.29) is 5.54 Å². The zero-order chi connectivity index (χ0) is 16.0. The average molecular weight is 303 g/mol. The van der Waals surface area contributed by atoms with E-state index >= 15 is 0 Å². The number of hydrogen-bond donors (Lipinski definition) is 0. The van der Waals surface area contributed by atoms with Crippen molar-refractivity contribution in [2.24, 2.45) is 4.99 Å². The Bertz CT molecular complexity index is 520. The standard InChI is InChI=1S/C19H29NO2/c1-5-6-7-8-9-11-15-16(12-10-13-17(15)21-4)18-20-19(2,3)14-22-18/h10,12-13H,5-9,11,14H2,1-4H3. The molecule has 122 valence electrons. The second-order valence-corrected chi connectivity index (χ2v) is 6.67. The van der Waals surface area contributed by atoms with E-state index in [9.17, 15) is 0 Å². The van der Waals surface area contributed by atoms with Gasteiger partial charge in [-0.05, 0) is 38.8 Å². The molecule has 3 heteroatoms. The Morgan fingerprint density at radius 3 is 2.59 bits per heavy atom. The van der Waals surface area contributed by atoms with Crippen LogP contribution in [-0.2, 0) is 11.2 Å². The summed E-state index contributed by atoms with van der Waals surface area (Å²) in [4.78, 5) is 4.72. The fourth-order valence-corrected chi connectivity index (χ4v) is 2.84. The SMILES string of the molecule is CCCCCCCc1c(OC)cccc1C1=NC(C)(C)CO1. The molecule has 0 saturated heterocycles. The van der Waals surface area contributed by atoms with Crippen molar-refractivity contribution >= 4 is 5.90 Å². The summed E-state index contributed by atoms with van der Waals surface area (Å²) < 4.78 is 11.4. The first-order chi connectivity index (χ1) is 10.6. The van der Waals surface area contributed by atoms with Crippen molar-refractivity contribution in [1.29, 1.82) is 0 Å². The van der Waals surface area contributed by atoms with Crippen LogP contribution in [0.2, 0.25) is 0 Å². The predicted molar refractivity (Wildman–Crippen MR) is 92.0 cm³/mol. The molecular formula is C19H29NO2. The Balaban J connectivity index is 2.16. The van der Waals surface area contributed by atoms with Gasteiger partial charge in [0.25, 0.3) is 0 Å². The molecule has 0 aromatic heterocycles. The van der Waals surface area contributed by atoms with E-state index < -0.39 is 0 Å². The maximum atomic E-state index is 5.83. The molecule has 0 saturated carbocycles. The molecule has 0 radical (unpaired) electrons. The van der Waals surface area contributed by atoms with Crippen molar-refractivity contribution in [3.8, 4) is 5.75 Å². The number of hydrogen-bond acceptors (Lipinski definition) is 3. The van der Waals surface area contributed by atoms with E-state index in [0.717, 1.165) is 23.6 Å². The van der Waals surface area contributed by atoms with Crippen molar-refractivity contribution in [1.82, 2.24) is 0 Å². The number of rotatable bonds is 8. The Morgan fingerprint density at radius 1 is 1.18 bits per heavy atom. The van der Waals surface area contributed by atoms with Gasteiger partial charge in [-0.15, -0.1) is 0 Å². The maximum Gasteiger partial charge on any atom is 0.217 e. The lowest BCUT2D eigenvalue weighted by molar-refractivity contribution is 0.279. The molecule has 1 aromatic rings. The smallest absolute Gasteiger partial charge is 0.217 e.